The van der Waals surface area contributed by atoms with Crippen molar-refractivity contribution < 1.29 is 9.59 Å². The van der Waals surface area contributed by atoms with Crippen LogP contribution in [-0.4, -0.2) is 28.2 Å². The molecule has 2 amide bonds. The second kappa shape index (κ2) is 7.05. The van der Waals surface area contributed by atoms with Crippen molar-refractivity contribution >= 4 is 17.5 Å². The van der Waals surface area contributed by atoms with Crippen LogP contribution in [0.3, 0.4) is 0 Å². The number of pyridine rings is 1. The quantitative estimate of drug-likeness (QED) is 0.930. The minimum atomic E-state index is -0.152. The van der Waals surface area contributed by atoms with E-state index in [-0.39, 0.29) is 11.8 Å². The predicted octanol–water partition coefficient (Wildman–Crippen LogP) is 3.38. The van der Waals surface area contributed by atoms with E-state index in [0.717, 1.165) is 41.2 Å². The summed E-state index contributed by atoms with van der Waals surface area (Å²) < 4.78 is 0. The minimum Gasteiger partial charge on any atom is -0.338 e. The Bertz CT molecular complexity index is 789. The fourth-order valence-electron chi connectivity index (χ4n) is 3.25. The number of nitrogens with one attached hydrogen (secondary N) is 1. The fourth-order valence-corrected chi connectivity index (χ4v) is 3.25. The Morgan fingerprint density at radius 2 is 1.92 bits per heavy atom. The summed E-state index contributed by atoms with van der Waals surface area (Å²) >= 11 is 0. The van der Waals surface area contributed by atoms with Gasteiger partial charge in [-0.1, -0.05) is 12.1 Å². The van der Waals surface area contributed by atoms with E-state index >= 15 is 0 Å². The summed E-state index contributed by atoms with van der Waals surface area (Å²) in [7, 11) is 0. The lowest BCUT2D eigenvalue weighted by Crippen LogP contribution is -2.23. The molecule has 2 aromatic rings. The molecule has 0 bridgehead atoms. The molecule has 0 aliphatic carbocycles. The van der Waals surface area contributed by atoms with Crippen LogP contribution >= 0.6 is 0 Å². The van der Waals surface area contributed by atoms with Crippen molar-refractivity contribution in [3.05, 3.63) is 58.4 Å². The molecule has 1 aromatic heterocycles. The molecule has 1 aromatic carbocycles. The Hall–Kier alpha value is -2.69. The van der Waals surface area contributed by atoms with Gasteiger partial charge in [0.2, 0.25) is 5.91 Å². The van der Waals surface area contributed by atoms with E-state index in [4.69, 9.17) is 0 Å². The van der Waals surface area contributed by atoms with E-state index in [1.807, 2.05) is 43.9 Å². The molecule has 1 fully saturated rings. The van der Waals surface area contributed by atoms with Crippen LogP contribution in [0, 0.1) is 20.8 Å². The van der Waals surface area contributed by atoms with E-state index in [1.165, 1.54) is 0 Å². The van der Waals surface area contributed by atoms with E-state index in [1.54, 1.807) is 12.1 Å². The third kappa shape index (κ3) is 3.87. The van der Waals surface area contributed by atoms with E-state index in [9.17, 15) is 9.59 Å². The monoisotopic (exact) mass is 337 g/mol. The van der Waals surface area contributed by atoms with Crippen LogP contribution in [0.1, 0.15) is 45.7 Å². The number of aromatic nitrogens is 1. The first-order valence-corrected chi connectivity index (χ1v) is 8.57. The lowest BCUT2D eigenvalue weighted by molar-refractivity contribution is -0.128. The van der Waals surface area contributed by atoms with Gasteiger partial charge in [-0.2, -0.15) is 0 Å². The Labute approximate surface area is 148 Å². The predicted molar refractivity (Wildman–Crippen MR) is 97.5 cm³/mol. The highest BCUT2D eigenvalue weighted by molar-refractivity contribution is 6.05. The van der Waals surface area contributed by atoms with Crippen LogP contribution < -0.4 is 5.32 Å². The van der Waals surface area contributed by atoms with Gasteiger partial charge in [-0.05, 0) is 56.5 Å². The van der Waals surface area contributed by atoms with Crippen molar-refractivity contribution in [3.8, 4) is 0 Å². The maximum absolute atomic E-state index is 12.5. The highest BCUT2D eigenvalue weighted by Crippen LogP contribution is 2.20. The molecule has 25 heavy (non-hydrogen) atoms. The van der Waals surface area contributed by atoms with Crippen molar-refractivity contribution in [2.45, 2.75) is 40.2 Å². The number of hydrogen-bond acceptors (Lipinski definition) is 3. The van der Waals surface area contributed by atoms with Gasteiger partial charge in [-0.25, -0.2) is 0 Å². The van der Waals surface area contributed by atoms with Gasteiger partial charge < -0.3 is 10.2 Å². The number of benzene rings is 1. The van der Waals surface area contributed by atoms with Crippen molar-refractivity contribution in [2.24, 2.45) is 0 Å². The second-order valence-electron chi connectivity index (χ2n) is 6.61. The molecule has 1 aliphatic heterocycles. The lowest BCUT2D eigenvalue weighted by Gasteiger charge is -2.16. The lowest BCUT2D eigenvalue weighted by atomic mass is 10.1. The molecule has 1 aliphatic rings. The van der Waals surface area contributed by atoms with E-state index in [0.29, 0.717) is 18.5 Å². The van der Waals surface area contributed by atoms with Gasteiger partial charge >= 0.3 is 0 Å². The molecule has 3 rings (SSSR count). The van der Waals surface area contributed by atoms with E-state index in [2.05, 4.69) is 10.3 Å². The number of aryl methyl sites for hydroxylation is 3. The summed E-state index contributed by atoms with van der Waals surface area (Å²) in [6, 6.07) is 9.38. The highest BCUT2D eigenvalue weighted by Gasteiger charge is 2.20. The molecular weight excluding hydrogens is 314 g/mol. The number of hydrogen-bond donors (Lipinski definition) is 1. The van der Waals surface area contributed by atoms with Gasteiger partial charge in [-0.15, -0.1) is 0 Å². The number of carbonyl (C=O) groups is 2. The van der Waals surface area contributed by atoms with Crippen molar-refractivity contribution in [1.82, 2.24) is 9.88 Å². The molecule has 0 saturated carbocycles. The summed E-state index contributed by atoms with van der Waals surface area (Å²) in [6.45, 7) is 7.23. The Morgan fingerprint density at radius 1 is 1.20 bits per heavy atom. The van der Waals surface area contributed by atoms with Crippen molar-refractivity contribution in [2.75, 3.05) is 11.9 Å². The van der Waals surface area contributed by atoms with E-state index < -0.39 is 0 Å². The molecule has 1 saturated heterocycles. The van der Waals surface area contributed by atoms with Gasteiger partial charge in [0, 0.05) is 30.8 Å². The summed E-state index contributed by atoms with van der Waals surface area (Å²) in [5, 5.41) is 2.96. The first kappa shape index (κ1) is 17.1. The van der Waals surface area contributed by atoms with Gasteiger partial charge in [0.05, 0.1) is 11.4 Å². The zero-order chi connectivity index (χ0) is 18.0. The van der Waals surface area contributed by atoms with Crippen molar-refractivity contribution in [1.29, 1.82) is 0 Å². The molecule has 0 spiro atoms. The van der Waals surface area contributed by atoms with Crippen LogP contribution in [0.15, 0.2) is 30.3 Å². The number of likely N-dealkylation sites (tertiary alicyclic amines) is 1. The molecule has 0 unspecified atom stereocenters. The maximum atomic E-state index is 12.5. The number of rotatable bonds is 4. The largest absolute Gasteiger partial charge is 0.338 e. The number of amides is 2. The third-order valence-electron chi connectivity index (χ3n) is 4.53. The topological polar surface area (TPSA) is 62.3 Å². The zero-order valence-corrected chi connectivity index (χ0v) is 14.9. The number of nitrogens with zero attached hydrogens (tertiary/aromatic N) is 2. The number of anilines is 1. The zero-order valence-electron chi connectivity index (χ0n) is 14.9. The molecule has 1 N–H and O–H groups in total. The average molecular weight is 337 g/mol. The van der Waals surface area contributed by atoms with Gasteiger partial charge in [0.15, 0.2) is 0 Å². The summed E-state index contributed by atoms with van der Waals surface area (Å²) in [5.41, 5.74) is 5.15. The van der Waals surface area contributed by atoms with Gasteiger partial charge in [0.1, 0.15) is 0 Å². The fraction of sp³-hybridized carbons (Fsp3) is 0.350. The molecule has 0 atom stereocenters. The third-order valence-corrected chi connectivity index (χ3v) is 4.53. The molecule has 0 radical (unpaired) electrons. The second-order valence-corrected chi connectivity index (χ2v) is 6.61. The Kier molecular flexibility index (Phi) is 4.83. The molecule has 130 valence electrons. The first-order valence-electron chi connectivity index (χ1n) is 8.57. The summed E-state index contributed by atoms with van der Waals surface area (Å²) in [4.78, 5) is 30.5. The maximum Gasteiger partial charge on any atom is 0.255 e. The van der Waals surface area contributed by atoms with Gasteiger partial charge in [0.25, 0.3) is 5.91 Å². The normalized spacial score (nSPS) is 14.0. The first-order chi connectivity index (χ1) is 11.9. The molecule has 5 nitrogen and oxygen atoms in total. The molecule has 5 heteroatoms. The van der Waals surface area contributed by atoms with Crippen molar-refractivity contribution in [3.63, 3.8) is 0 Å². The standard InChI is InChI=1S/C20H23N3O2/c1-13-11-14(2)21-15(3)19(13)22-20(25)17-8-6-16(7-9-17)12-23-10-4-5-18(23)24/h6-9,11H,4-5,10,12H2,1-3H3,(H,22,25). The number of carbonyl (C=O) groups excluding carboxylic acids is 2. The van der Waals surface area contributed by atoms with Crippen LogP contribution in [-0.2, 0) is 11.3 Å². The Morgan fingerprint density at radius 3 is 2.52 bits per heavy atom. The highest BCUT2D eigenvalue weighted by atomic mass is 16.2. The van der Waals surface area contributed by atoms with Crippen LogP contribution in [0.25, 0.3) is 0 Å². The molecule has 2 heterocycles. The minimum absolute atomic E-state index is 0.152. The van der Waals surface area contributed by atoms with Gasteiger partial charge in [-0.3, -0.25) is 14.6 Å². The molecular formula is C20H23N3O2. The van der Waals surface area contributed by atoms with Crippen LogP contribution in [0.5, 0.6) is 0 Å². The SMILES string of the molecule is Cc1cc(C)c(NC(=O)c2ccc(CN3CCCC3=O)cc2)c(C)n1. The summed E-state index contributed by atoms with van der Waals surface area (Å²) in [6.07, 6.45) is 1.58. The van der Waals surface area contributed by atoms with Crippen LogP contribution in [0.2, 0.25) is 0 Å². The average Bonchev–Trinajstić information content (AvgIpc) is 2.96. The smallest absolute Gasteiger partial charge is 0.255 e. The van der Waals surface area contributed by atoms with Crippen LogP contribution in [0.4, 0.5) is 5.69 Å². The summed E-state index contributed by atoms with van der Waals surface area (Å²) in [5.74, 6) is 0.0558. The Balaban J connectivity index is 1.70.